The summed E-state index contributed by atoms with van der Waals surface area (Å²) >= 11 is 5.34. The molecule has 0 saturated carbocycles. The summed E-state index contributed by atoms with van der Waals surface area (Å²) in [4.78, 5) is 10.9. The van der Waals surface area contributed by atoms with Crippen molar-refractivity contribution in [1.29, 1.82) is 0 Å². The van der Waals surface area contributed by atoms with Crippen LogP contribution in [0.4, 0.5) is 0 Å². The minimum atomic E-state index is -1.74. The second-order valence-electron chi connectivity index (χ2n) is 3.47. The lowest BCUT2D eigenvalue weighted by Gasteiger charge is -2.21. The van der Waals surface area contributed by atoms with E-state index >= 15 is 0 Å². The van der Waals surface area contributed by atoms with Crippen molar-refractivity contribution in [2.75, 3.05) is 5.88 Å². The van der Waals surface area contributed by atoms with Crippen molar-refractivity contribution in [2.24, 2.45) is 0 Å². The summed E-state index contributed by atoms with van der Waals surface area (Å²) in [6, 6.07) is 1.03. The zero-order valence-electron chi connectivity index (χ0n) is 8.02. The smallest absolute Gasteiger partial charge is 0.307 e. The molecular formula is C8H17ClO2Si. The molecule has 0 aromatic rings. The minimum Gasteiger partial charge on any atom is -0.519 e. The van der Waals surface area contributed by atoms with Crippen LogP contribution >= 0.6 is 11.6 Å². The molecule has 0 aliphatic carbocycles. The van der Waals surface area contributed by atoms with Crippen LogP contribution in [0.25, 0.3) is 0 Å². The van der Waals surface area contributed by atoms with Gasteiger partial charge >= 0.3 is 5.97 Å². The maximum absolute atomic E-state index is 10.9. The third-order valence-electron chi connectivity index (χ3n) is 1.63. The van der Waals surface area contributed by atoms with E-state index in [-0.39, 0.29) is 11.8 Å². The Morgan fingerprint density at radius 3 is 2.50 bits per heavy atom. The Labute approximate surface area is 80.4 Å². The molecule has 0 heterocycles. The second-order valence-corrected chi connectivity index (χ2v) is 7.96. The standard InChI is InChI=1S/C8H17ClO2Si/c1-4-5-6-12(2,3)11-8(10)7-9/h4-7H2,1-3H3. The highest BCUT2D eigenvalue weighted by Gasteiger charge is 2.25. The molecule has 0 aromatic carbocycles. The average Bonchev–Trinajstić information content (AvgIpc) is 2.00. The summed E-state index contributed by atoms with van der Waals surface area (Å²) in [5.41, 5.74) is 0. The van der Waals surface area contributed by atoms with Gasteiger partial charge in [0.2, 0.25) is 8.32 Å². The molecule has 0 fully saturated rings. The second kappa shape index (κ2) is 5.59. The van der Waals surface area contributed by atoms with Crippen molar-refractivity contribution in [3.63, 3.8) is 0 Å². The van der Waals surface area contributed by atoms with Gasteiger partial charge in [-0.3, -0.25) is 4.79 Å². The Morgan fingerprint density at radius 1 is 1.50 bits per heavy atom. The van der Waals surface area contributed by atoms with Crippen molar-refractivity contribution in [3.05, 3.63) is 0 Å². The van der Waals surface area contributed by atoms with Gasteiger partial charge in [0.25, 0.3) is 0 Å². The third-order valence-corrected chi connectivity index (χ3v) is 4.19. The predicted octanol–water partition coefficient (Wildman–Crippen LogP) is 2.77. The fourth-order valence-electron chi connectivity index (χ4n) is 0.989. The van der Waals surface area contributed by atoms with Crippen LogP contribution in [0.3, 0.4) is 0 Å². The van der Waals surface area contributed by atoms with E-state index in [9.17, 15) is 4.79 Å². The molecule has 12 heavy (non-hydrogen) atoms. The largest absolute Gasteiger partial charge is 0.519 e. The lowest BCUT2D eigenvalue weighted by molar-refractivity contribution is -0.132. The van der Waals surface area contributed by atoms with E-state index in [0.717, 1.165) is 18.9 Å². The summed E-state index contributed by atoms with van der Waals surface area (Å²) in [5.74, 6) is -0.299. The molecule has 0 amide bonds. The Hall–Kier alpha value is -0.0231. The molecule has 0 aromatic heterocycles. The fourth-order valence-corrected chi connectivity index (χ4v) is 3.13. The van der Waals surface area contributed by atoms with Gasteiger partial charge in [-0.2, -0.15) is 0 Å². The summed E-state index contributed by atoms with van der Waals surface area (Å²) in [6.45, 7) is 6.23. The zero-order valence-corrected chi connectivity index (χ0v) is 9.78. The van der Waals surface area contributed by atoms with Crippen LogP contribution in [0.15, 0.2) is 0 Å². The number of carbonyl (C=O) groups excluding carboxylic acids is 1. The summed E-state index contributed by atoms with van der Waals surface area (Å²) in [7, 11) is -1.74. The predicted molar refractivity (Wildman–Crippen MR) is 54.0 cm³/mol. The van der Waals surface area contributed by atoms with Crippen LogP contribution in [0.5, 0.6) is 0 Å². The molecule has 0 unspecified atom stereocenters. The Morgan fingerprint density at radius 2 is 2.08 bits per heavy atom. The minimum absolute atomic E-state index is 0.0252. The van der Waals surface area contributed by atoms with Crippen LogP contribution in [0.2, 0.25) is 19.1 Å². The molecular weight excluding hydrogens is 192 g/mol. The van der Waals surface area contributed by atoms with E-state index < -0.39 is 8.32 Å². The van der Waals surface area contributed by atoms with Crippen molar-refractivity contribution < 1.29 is 9.22 Å². The molecule has 0 rings (SSSR count). The molecule has 0 radical (unpaired) electrons. The first-order chi connectivity index (χ1) is 5.52. The van der Waals surface area contributed by atoms with Crippen LogP contribution < -0.4 is 0 Å². The maximum atomic E-state index is 10.9. The van der Waals surface area contributed by atoms with Crippen molar-refractivity contribution in [2.45, 2.75) is 38.9 Å². The van der Waals surface area contributed by atoms with E-state index in [1.165, 1.54) is 0 Å². The van der Waals surface area contributed by atoms with Crippen LogP contribution in [0, 0.1) is 0 Å². The molecule has 0 saturated heterocycles. The number of unbranched alkanes of at least 4 members (excludes halogenated alkanes) is 1. The SMILES string of the molecule is CCCC[Si](C)(C)OC(=O)CCl. The highest BCUT2D eigenvalue weighted by atomic mass is 35.5. The lowest BCUT2D eigenvalue weighted by Crippen LogP contribution is -2.33. The highest BCUT2D eigenvalue weighted by Crippen LogP contribution is 2.15. The first kappa shape index (κ1) is 12.0. The van der Waals surface area contributed by atoms with Gasteiger partial charge in [-0.25, -0.2) is 0 Å². The number of rotatable bonds is 5. The first-order valence-electron chi connectivity index (χ1n) is 4.29. The Bertz CT molecular complexity index is 148. The maximum Gasteiger partial charge on any atom is 0.307 e. The normalized spacial score (nSPS) is 11.3. The molecule has 2 nitrogen and oxygen atoms in total. The number of carbonyl (C=O) groups is 1. The molecule has 72 valence electrons. The number of alkyl halides is 1. The first-order valence-corrected chi connectivity index (χ1v) is 7.94. The fraction of sp³-hybridized carbons (Fsp3) is 0.875. The topological polar surface area (TPSA) is 26.3 Å². The van der Waals surface area contributed by atoms with E-state index in [0.29, 0.717) is 0 Å². The molecule has 0 atom stereocenters. The summed E-state index contributed by atoms with van der Waals surface area (Å²) in [5, 5.41) is 0. The van der Waals surface area contributed by atoms with Crippen molar-refractivity contribution in [3.8, 4) is 0 Å². The molecule has 0 spiro atoms. The van der Waals surface area contributed by atoms with Gasteiger partial charge in [0.15, 0.2) is 0 Å². The highest BCUT2D eigenvalue weighted by molar-refractivity contribution is 6.72. The lowest BCUT2D eigenvalue weighted by atomic mass is 10.4. The van der Waals surface area contributed by atoms with Gasteiger partial charge in [-0.1, -0.05) is 19.8 Å². The van der Waals surface area contributed by atoms with Gasteiger partial charge in [-0.15, -0.1) is 11.6 Å². The molecule has 4 heteroatoms. The van der Waals surface area contributed by atoms with Gasteiger partial charge in [-0.05, 0) is 19.1 Å². The van der Waals surface area contributed by atoms with Crippen LogP contribution in [-0.2, 0) is 9.22 Å². The molecule has 0 N–H and O–H groups in total. The van der Waals surface area contributed by atoms with E-state index in [2.05, 4.69) is 6.92 Å². The summed E-state index contributed by atoms with van der Waals surface area (Å²) in [6.07, 6.45) is 2.28. The number of halogens is 1. The van der Waals surface area contributed by atoms with Crippen molar-refractivity contribution in [1.82, 2.24) is 0 Å². The van der Waals surface area contributed by atoms with Gasteiger partial charge in [0.05, 0.1) is 0 Å². The van der Waals surface area contributed by atoms with E-state index in [1.807, 2.05) is 13.1 Å². The molecule has 0 aliphatic rings. The zero-order chi connectivity index (χ0) is 9.61. The van der Waals surface area contributed by atoms with Gasteiger partial charge < -0.3 is 4.43 Å². The van der Waals surface area contributed by atoms with Crippen molar-refractivity contribution >= 4 is 25.9 Å². The monoisotopic (exact) mass is 208 g/mol. The Kier molecular flexibility index (Phi) is 5.58. The molecule has 0 aliphatic heterocycles. The summed E-state index contributed by atoms with van der Waals surface area (Å²) < 4.78 is 5.26. The quantitative estimate of drug-likeness (QED) is 0.513. The Balaban J connectivity index is 3.77. The third kappa shape index (κ3) is 5.60. The average molecular weight is 209 g/mol. The van der Waals surface area contributed by atoms with Gasteiger partial charge in [0.1, 0.15) is 5.88 Å². The number of hydrogen-bond donors (Lipinski definition) is 0. The van der Waals surface area contributed by atoms with Gasteiger partial charge in [0, 0.05) is 0 Å². The van der Waals surface area contributed by atoms with E-state index in [4.69, 9.17) is 16.0 Å². The molecule has 0 bridgehead atoms. The van der Waals surface area contributed by atoms with E-state index in [1.54, 1.807) is 0 Å². The van der Waals surface area contributed by atoms with Crippen LogP contribution in [0.1, 0.15) is 19.8 Å². The van der Waals surface area contributed by atoms with Crippen LogP contribution in [-0.4, -0.2) is 20.2 Å². The number of hydrogen-bond acceptors (Lipinski definition) is 2.